The van der Waals surface area contributed by atoms with Crippen molar-refractivity contribution in [2.45, 2.75) is 37.9 Å². The molecule has 1 aromatic rings. The maximum atomic E-state index is 12.7. The zero-order valence-corrected chi connectivity index (χ0v) is 15.5. The smallest absolute Gasteiger partial charge is 0.347 e. The average molecular weight is 395 g/mol. The average Bonchev–Trinajstić information content (AvgIpc) is 3.05. The van der Waals surface area contributed by atoms with Gasteiger partial charge in [0.2, 0.25) is 11.8 Å². The van der Waals surface area contributed by atoms with Gasteiger partial charge < -0.3 is 10.6 Å². The molecular formula is C20H24F3N3O2. The molecule has 0 radical (unpaired) electrons. The number of carbonyl (C=O) groups excluding carboxylic acids is 2. The van der Waals surface area contributed by atoms with Crippen molar-refractivity contribution in [2.24, 2.45) is 17.8 Å². The van der Waals surface area contributed by atoms with Gasteiger partial charge in [0.1, 0.15) is 0 Å². The molecule has 152 valence electrons. The quantitative estimate of drug-likeness (QED) is 0.806. The van der Waals surface area contributed by atoms with Crippen molar-refractivity contribution in [1.29, 1.82) is 0 Å². The number of fused-ring (bicyclic) bond motifs is 1. The number of piperidine rings is 1. The molecule has 2 aliphatic carbocycles. The fraction of sp³-hybridized carbons (Fsp3) is 0.600. The lowest BCUT2D eigenvalue weighted by Gasteiger charge is -2.26. The van der Waals surface area contributed by atoms with E-state index in [4.69, 9.17) is 0 Å². The molecule has 2 N–H and O–H groups in total. The minimum Gasteiger partial charge on any atom is -0.347 e. The molecule has 1 aliphatic heterocycles. The van der Waals surface area contributed by atoms with E-state index in [1.807, 2.05) is 0 Å². The normalized spacial score (nSPS) is 27.5. The van der Waals surface area contributed by atoms with E-state index in [9.17, 15) is 22.8 Å². The number of anilines is 1. The molecule has 4 rings (SSSR count). The maximum Gasteiger partial charge on any atom is 0.416 e. The molecule has 1 aromatic carbocycles. The minimum absolute atomic E-state index is 0.0287. The zero-order valence-electron chi connectivity index (χ0n) is 15.5. The van der Waals surface area contributed by atoms with Crippen molar-refractivity contribution in [1.82, 2.24) is 10.2 Å². The fourth-order valence-corrected chi connectivity index (χ4v) is 4.78. The Morgan fingerprint density at radius 3 is 2.43 bits per heavy atom. The Morgan fingerprint density at radius 1 is 1.11 bits per heavy atom. The van der Waals surface area contributed by atoms with Crippen LogP contribution in [0.4, 0.5) is 18.9 Å². The highest BCUT2D eigenvalue weighted by atomic mass is 19.4. The van der Waals surface area contributed by atoms with E-state index < -0.39 is 17.6 Å². The summed E-state index contributed by atoms with van der Waals surface area (Å²) in [6, 6.07) is 5.12. The number of hydrogen-bond acceptors (Lipinski definition) is 3. The van der Waals surface area contributed by atoms with Gasteiger partial charge in [0.25, 0.3) is 0 Å². The van der Waals surface area contributed by atoms with Crippen LogP contribution >= 0.6 is 0 Å². The third-order valence-corrected chi connectivity index (χ3v) is 6.26. The first-order valence-electron chi connectivity index (χ1n) is 9.82. The van der Waals surface area contributed by atoms with Crippen LogP contribution in [0.15, 0.2) is 24.3 Å². The number of amides is 2. The van der Waals surface area contributed by atoms with Crippen LogP contribution < -0.4 is 10.6 Å². The van der Waals surface area contributed by atoms with Crippen molar-refractivity contribution >= 4 is 17.5 Å². The van der Waals surface area contributed by atoms with E-state index in [1.165, 1.54) is 37.8 Å². The summed E-state index contributed by atoms with van der Waals surface area (Å²) < 4.78 is 38.2. The Bertz CT molecular complexity index is 749. The highest BCUT2D eigenvalue weighted by molar-refractivity contribution is 5.95. The molecule has 8 heteroatoms. The van der Waals surface area contributed by atoms with Crippen molar-refractivity contribution in [3.05, 3.63) is 29.8 Å². The number of likely N-dealkylation sites (tertiary alicyclic amines) is 1. The predicted molar refractivity (Wildman–Crippen MR) is 97.4 cm³/mol. The van der Waals surface area contributed by atoms with Crippen molar-refractivity contribution < 1.29 is 22.8 Å². The van der Waals surface area contributed by atoms with E-state index in [2.05, 4.69) is 15.5 Å². The molecule has 0 bridgehead atoms. The van der Waals surface area contributed by atoms with Gasteiger partial charge in [-0.2, -0.15) is 13.2 Å². The van der Waals surface area contributed by atoms with Crippen molar-refractivity contribution in [2.75, 3.05) is 25.0 Å². The maximum absolute atomic E-state index is 12.7. The second kappa shape index (κ2) is 7.39. The van der Waals surface area contributed by atoms with Gasteiger partial charge >= 0.3 is 6.18 Å². The summed E-state index contributed by atoms with van der Waals surface area (Å²) >= 11 is 0. The molecule has 3 atom stereocenters. The molecule has 0 aromatic heterocycles. The van der Waals surface area contributed by atoms with E-state index in [0.717, 1.165) is 25.2 Å². The van der Waals surface area contributed by atoms with Crippen LogP contribution in [0.1, 0.15) is 31.2 Å². The molecule has 3 fully saturated rings. The second-order valence-corrected chi connectivity index (χ2v) is 8.09. The number of benzene rings is 1. The predicted octanol–water partition coefficient (Wildman–Crippen LogP) is 2.88. The molecular weight excluding hydrogens is 371 g/mol. The van der Waals surface area contributed by atoms with E-state index in [0.29, 0.717) is 17.9 Å². The third-order valence-electron chi connectivity index (χ3n) is 6.26. The van der Waals surface area contributed by atoms with Crippen LogP contribution in [0.25, 0.3) is 0 Å². The Kier molecular flexibility index (Phi) is 5.07. The molecule has 1 unspecified atom stereocenters. The highest BCUT2D eigenvalue weighted by Gasteiger charge is 2.59. The van der Waals surface area contributed by atoms with Crippen LogP contribution in [0.3, 0.4) is 0 Å². The van der Waals surface area contributed by atoms with Gasteiger partial charge in [-0.25, -0.2) is 0 Å². The lowest BCUT2D eigenvalue weighted by atomic mass is 10.1. The Hall–Kier alpha value is -2.09. The largest absolute Gasteiger partial charge is 0.416 e. The van der Waals surface area contributed by atoms with Gasteiger partial charge in [-0.05, 0) is 42.9 Å². The van der Waals surface area contributed by atoms with Gasteiger partial charge in [0, 0.05) is 30.7 Å². The Morgan fingerprint density at radius 2 is 1.79 bits per heavy atom. The highest BCUT2D eigenvalue weighted by Crippen LogP contribution is 2.53. The summed E-state index contributed by atoms with van der Waals surface area (Å²) in [6.07, 6.45) is 0.631. The summed E-state index contributed by atoms with van der Waals surface area (Å²) in [4.78, 5) is 26.8. The first kappa shape index (κ1) is 19.2. The van der Waals surface area contributed by atoms with Crippen molar-refractivity contribution in [3.8, 4) is 0 Å². The standard InChI is InChI=1S/C20H24F3N3O2/c21-20(22,23)12-4-3-5-13(8-12)25-17(27)9-24-19(28)18-15-10-26(11-16(15)18)14-6-1-2-7-14/h3-5,8,14-16,18H,1-2,6-7,9-11H2,(H,24,28)(H,25,27)/t15-,16+,18?. The molecule has 3 aliphatic rings. The molecule has 5 nitrogen and oxygen atoms in total. The number of hydrogen-bond donors (Lipinski definition) is 2. The molecule has 0 spiro atoms. The number of carbonyl (C=O) groups is 2. The number of nitrogens with zero attached hydrogens (tertiary/aromatic N) is 1. The summed E-state index contributed by atoms with van der Waals surface area (Å²) in [5, 5.41) is 5.03. The Labute approximate surface area is 161 Å². The molecule has 2 saturated carbocycles. The van der Waals surface area contributed by atoms with Crippen LogP contribution in [-0.4, -0.2) is 42.4 Å². The van der Waals surface area contributed by atoms with Crippen LogP contribution in [0.2, 0.25) is 0 Å². The van der Waals surface area contributed by atoms with Gasteiger partial charge in [0.15, 0.2) is 0 Å². The SMILES string of the molecule is O=C(CNC(=O)C1[C@H]2CN(C3CCCC3)C[C@@H]12)Nc1cccc(C(F)(F)F)c1. The number of rotatable bonds is 5. The summed E-state index contributed by atoms with van der Waals surface area (Å²) in [5.41, 5.74) is -0.767. The van der Waals surface area contributed by atoms with Gasteiger partial charge in [-0.1, -0.05) is 18.9 Å². The lowest BCUT2D eigenvalue weighted by molar-refractivity contribution is -0.137. The number of halogens is 3. The van der Waals surface area contributed by atoms with Crippen LogP contribution in [0.5, 0.6) is 0 Å². The molecule has 28 heavy (non-hydrogen) atoms. The topological polar surface area (TPSA) is 61.4 Å². The summed E-state index contributed by atoms with van der Waals surface area (Å²) in [6.45, 7) is 1.69. The third kappa shape index (κ3) is 4.01. The lowest BCUT2D eigenvalue weighted by Crippen LogP contribution is -2.38. The van der Waals surface area contributed by atoms with Gasteiger partial charge in [-0.3, -0.25) is 14.5 Å². The van der Waals surface area contributed by atoms with Crippen molar-refractivity contribution in [3.63, 3.8) is 0 Å². The number of alkyl halides is 3. The molecule has 2 amide bonds. The van der Waals surface area contributed by atoms with Crippen LogP contribution in [-0.2, 0) is 15.8 Å². The van der Waals surface area contributed by atoms with Gasteiger partial charge in [0.05, 0.1) is 12.1 Å². The zero-order chi connectivity index (χ0) is 19.9. The van der Waals surface area contributed by atoms with E-state index in [1.54, 1.807) is 0 Å². The Balaban J connectivity index is 1.21. The number of nitrogens with one attached hydrogen (secondary N) is 2. The fourth-order valence-electron chi connectivity index (χ4n) is 4.78. The van der Waals surface area contributed by atoms with Gasteiger partial charge in [-0.15, -0.1) is 0 Å². The summed E-state index contributed by atoms with van der Waals surface area (Å²) in [5.74, 6) is 0.0737. The first-order chi connectivity index (χ1) is 13.3. The molecule has 1 saturated heterocycles. The molecule has 1 heterocycles. The van der Waals surface area contributed by atoms with Crippen LogP contribution in [0, 0.1) is 17.8 Å². The minimum atomic E-state index is -4.47. The summed E-state index contributed by atoms with van der Waals surface area (Å²) in [7, 11) is 0. The monoisotopic (exact) mass is 395 g/mol. The first-order valence-corrected chi connectivity index (χ1v) is 9.82. The van der Waals surface area contributed by atoms with E-state index in [-0.39, 0.29) is 24.1 Å². The second-order valence-electron chi connectivity index (χ2n) is 8.09. The van der Waals surface area contributed by atoms with E-state index >= 15 is 0 Å².